The molecule has 0 aliphatic rings. The van der Waals surface area contributed by atoms with Crippen molar-refractivity contribution in [3.63, 3.8) is 0 Å². The molecule has 0 rings (SSSR count). The summed E-state index contributed by atoms with van der Waals surface area (Å²) in [7, 11) is 3.76. The van der Waals surface area contributed by atoms with Crippen LogP contribution in [0.3, 0.4) is 0 Å². The minimum atomic E-state index is -0.135. The molecular formula is C14H28N4O2. The third-order valence-electron chi connectivity index (χ3n) is 2.31. The summed E-state index contributed by atoms with van der Waals surface area (Å²) in [5.74, 6) is -0.249. The fourth-order valence-corrected chi connectivity index (χ4v) is 1.02. The van der Waals surface area contributed by atoms with Gasteiger partial charge < -0.3 is 10.6 Å². The van der Waals surface area contributed by atoms with E-state index in [9.17, 15) is 9.59 Å². The largest absolute Gasteiger partial charge is 0.340 e. The number of amides is 2. The summed E-state index contributed by atoms with van der Waals surface area (Å²) >= 11 is 0. The molecule has 116 valence electrons. The molecule has 0 radical (unpaired) electrons. The highest BCUT2D eigenvalue weighted by atomic mass is 16.2. The zero-order chi connectivity index (χ0) is 16.0. The summed E-state index contributed by atoms with van der Waals surface area (Å²) in [5.41, 5.74) is 0. The molecule has 0 heterocycles. The Labute approximate surface area is 122 Å². The van der Waals surface area contributed by atoms with E-state index >= 15 is 0 Å². The standard InChI is InChI=1S/C8H16N2O.C6H12N2O/c1-4-8(11)9-7-10(5-2)6-3;1-4-6(9)7-5-8(2)3/h4H,1,5-7H2,2-3H3,(H,9,11);4H,1,5H2,2-3H3,(H,7,9). The Hall–Kier alpha value is -1.66. The first-order valence-corrected chi connectivity index (χ1v) is 6.58. The average Bonchev–Trinajstić information content (AvgIpc) is 2.45. The van der Waals surface area contributed by atoms with Gasteiger partial charge in [-0.25, -0.2) is 0 Å². The van der Waals surface area contributed by atoms with Crippen LogP contribution in [0.1, 0.15) is 13.8 Å². The molecule has 0 unspecified atom stereocenters. The lowest BCUT2D eigenvalue weighted by Crippen LogP contribution is -2.36. The highest BCUT2D eigenvalue weighted by Crippen LogP contribution is 1.82. The summed E-state index contributed by atoms with van der Waals surface area (Å²) in [5, 5.41) is 5.30. The van der Waals surface area contributed by atoms with Crippen molar-refractivity contribution in [3.8, 4) is 0 Å². The van der Waals surface area contributed by atoms with Crippen LogP contribution >= 0.6 is 0 Å². The third kappa shape index (κ3) is 14.4. The van der Waals surface area contributed by atoms with Crippen molar-refractivity contribution in [2.75, 3.05) is 40.5 Å². The van der Waals surface area contributed by atoms with Crippen molar-refractivity contribution in [2.45, 2.75) is 13.8 Å². The van der Waals surface area contributed by atoms with Crippen LogP contribution in [0.4, 0.5) is 0 Å². The molecule has 20 heavy (non-hydrogen) atoms. The molecule has 0 bridgehead atoms. The van der Waals surface area contributed by atoms with Gasteiger partial charge >= 0.3 is 0 Å². The lowest BCUT2D eigenvalue weighted by Gasteiger charge is -2.17. The number of rotatable bonds is 8. The lowest BCUT2D eigenvalue weighted by atomic mass is 10.5. The summed E-state index contributed by atoms with van der Waals surface area (Å²) in [6.07, 6.45) is 2.53. The molecular weight excluding hydrogens is 256 g/mol. The predicted octanol–water partition coefficient (Wildman–Crippen LogP) is 0.396. The zero-order valence-corrected chi connectivity index (χ0v) is 13.1. The predicted molar refractivity (Wildman–Crippen MR) is 83.0 cm³/mol. The summed E-state index contributed by atoms with van der Waals surface area (Å²) < 4.78 is 0. The van der Waals surface area contributed by atoms with Crippen molar-refractivity contribution in [1.82, 2.24) is 20.4 Å². The van der Waals surface area contributed by atoms with Gasteiger partial charge in [-0.15, -0.1) is 0 Å². The molecule has 6 nitrogen and oxygen atoms in total. The second-order valence-corrected chi connectivity index (χ2v) is 4.19. The monoisotopic (exact) mass is 284 g/mol. The van der Waals surface area contributed by atoms with Gasteiger partial charge in [0.05, 0.1) is 13.3 Å². The Kier molecular flexibility index (Phi) is 14.2. The van der Waals surface area contributed by atoms with Crippen molar-refractivity contribution < 1.29 is 9.59 Å². The van der Waals surface area contributed by atoms with Gasteiger partial charge in [0.15, 0.2) is 0 Å². The highest BCUT2D eigenvalue weighted by molar-refractivity contribution is 5.87. The summed E-state index contributed by atoms with van der Waals surface area (Å²) in [4.78, 5) is 25.1. The van der Waals surface area contributed by atoms with Gasteiger partial charge in [0, 0.05) is 0 Å². The van der Waals surface area contributed by atoms with Crippen LogP contribution in [-0.4, -0.2) is 62.1 Å². The maximum Gasteiger partial charge on any atom is 0.244 e. The smallest absolute Gasteiger partial charge is 0.244 e. The first kappa shape index (κ1) is 20.7. The average molecular weight is 284 g/mol. The first-order valence-electron chi connectivity index (χ1n) is 6.58. The number of carbonyl (C=O) groups excluding carboxylic acids is 2. The van der Waals surface area contributed by atoms with Gasteiger partial charge in [0.25, 0.3) is 0 Å². The Morgan fingerprint density at radius 1 is 0.950 bits per heavy atom. The molecule has 0 aromatic rings. The van der Waals surface area contributed by atoms with E-state index in [2.05, 4.69) is 42.5 Å². The zero-order valence-electron chi connectivity index (χ0n) is 13.1. The second kappa shape index (κ2) is 13.8. The number of nitrogens with one attached hydrogen (secondary N) is 2. The van der Waals surface area contributed by atoms with Crippen LogP contribution in [0.2, 0.25) is 0 Å². The molecule has 2 N–H and O–H groups in total. The fraction of sp³-hybridized carbons (Fsp3) is 0.571. The Bertz CT molecular complexity index is 300. The van der Waals surface area contributed by atoms with E-state index in [-0.39, 0.29) is 11.8 Å². The molecule has 0 atom stereocenters. The normalized spacial score (nSPS) is 9.50. The maximum absolute atomic E-state index is 10.7. The van der Waals surface area contributed by atoms with E-state index in [0.29, 0.717) is 13.3 Å². The van der Waals surface area contributed by atoms with E-state index in [4.69, 9.17) is 0 Å². The molecule has 0 aliphatic heterocycles. The van der Waals surface area contributed by atoms with Gasteiger partial charge in [-0.2, -0.15) is 0 Å². The van der Waals surface area contributed by atoms with Crippen molar-refractivity contribution in [2.24, 2.45) is 0 Å². The van der Waals surface area contributed by atoms with Crippen LogP contribution in [0.15, 0.2) is 25.3 Å². The van der Waals surface area contributed by atoms with Crippen molar-refractivity contribution >= 4 is 11.8 Å². The molecule has 0 aromatic heterocycles. The Morgan fingerprint density at radius 2 is 1.35 bits per heavy atom. The van der Waals surface area contributed by atoms with Crippen LogP contribution < -0.4 is 10.6 Å². The molecule has 6 heteroatoms. The van der Waals surface area contributed by atoms with E-state index in [1.165, 1.54) is 12.2 Å². The fourth-order valence-electron chi connectivity index (χ4n) is 1.02. The van der Waals surface area contributed by atoms with Gasteiger partial charge in [0.1, 0.15) is 0 Å². The quantitative estimate of drug-likeness (QED) is 0.500. The molecule has 0 aromatic carbocycles. The molecule has 0 fully saturated rings. The Balaban J connectivity index is 0. The van der Waals surface area contributed by atoms with Gasteiger partial charge in [-0.05, 0) is 39.3 Å². The van der Waals surface area contributed by atoms with Crippen LogP contribution in [0, 0.1) is 0 Å². The van der Waals surface area contributed by atoms with E-state index in [1.54, 1.807) is 0 Å². The number of nitrogens with zero attached hydrogens (tertiary/aromatic N) is 2. The van der Waals surface area contributed by atoms with E-state index in [0.717, 1.165) is 13.1 Å². The minimum absolute atomic E-state index is 0.114. The van der Waals surface area contributed by atoms with Gasteiger partial charge in [-0.1, -0.05) is 27.0 Å². The third-order valence-corrected chi connectivity index (χ3v) is 2.31. The first-order chi connectivity index (χ1) is 9.40. The van der Waals surface area contributed by atoms with Gasteiger partial charge in [0.2, 0.25) is 11.8 Å². The van der Waals surface area contributed by atoms with E-state index < -0.39 is 0 Å². The second-order valence-electron chi connectivity index (χ2n) is 4.19. The number of hydrogen-bond donors (Lipinski definition) is 2. The van der Waals surface area contributed by atoms with Crippen LogP contribution in [-0.2, 0) is 9.59 Å². The van der Waals surface area contributed by atoms with E-state index in [1.807, 2.05) is 19.0 Å². The maximum atomic E-state index is 10.7. The summed E-state index contributed by atoms with van der Waals surface area (Å²) in [6, 6.07) is 0. The number of hydrogen-bond acceptors (Lipinski definition) is 4. The topological polar surface area (TPSA) is 64.7 Å². The number of carbonyl (C=O) groups is 2. The van der Waals surface area contributed by atoms with Gasteiger partial charge in [-0.3, -0.25) is 19.4 Å². The summed E-state index contributed by atoms with van der Waals surface area (Å²) in [6.45, 7) is 13.9. The molecule has 0 aliphatic carbocycles. The molecule has 0 saturated heterocycles. The lowest BCUT2D eigenvalue weighted by molar-refractivity contribution is -0.117. The highest BCUT2D eigenvalue weighted by Gasteiger charge is 1.98. The SMILES string of the molecule is C=CC(=O)NCN(C)C.C=CC(=O)NCN(CC)CC. The molecule has 2 amide bonds. The van der Waals surface area contributed by atoms with Crippen molar-refractivity contribution in [1.29, 1.82) is 0 Å². The van der Waals surface area contributed by atoms with Crippen LogP contribution in [0.5, 0.6) is 0 Å². The molecule has 0 saturated carbocycles. The van der Waals surface area contributed by atoms with Crippen LogP contribution in [0.25, 0.3) is 0 Å². The molecule has 0 spiro atoms. The van der Waals surface area contributed by atoms with Crippen molar-refractivity contribution in [3.05, 3.63) is 25.3 Å². The Morgan fingerprint density at radius 3 is 1.65 bits per heavy atom. The minimum Gasteiger partial charge on any atom is -0.340 e.